The van der Waals surface area contributed by atoms with Crippen LogP contribution < -0.4 is 9.47 Å². The maximum atomic E-state index is 12.0. The predicted molar refractivity (Wildman–Crippen MR) is 103 cm³/mol. The molecule has 0 saturated carbocycles. The number of hydrogen-bond donors (Lipinski definition) is 0. The van der Waals surface area contributed by atoms with Gasteiger partial charge in [0.05, 0.1) is 13.2 Å². The molecular weight excluding hydrogens is 374 g/mol. The van der Waals surface area contributed by atoms with Gasteiger partial charge in [-0.3, -0.25) is 14.5 Å². The van der Waals surface area contributed by atoms with Crippen molar-refractivity contribution < 1.29 is 28.5 Å². The Bertz CT molecular complexity index is 926. The van der Waals surface area contributed by atoms with E-state index >= 15 is 0 Å². The average molecular weight is 399 g/mol. The molecule has 6 atom stereocenters. The molecule has 4 aliphatic rings. The zero-order chi connectivity index (χ0) is 20.5. The summed E-state index contributed by atoms with van der Waals surface area (Å²) >= 11 is 0. The van der Waals surface area contributed by atoms with Crippen LogP contribution in [-0.4, -0.2) is 55.8 Å². The van der Waals surface area contributed by atoms with Crippen LogP contribution in [0.25, 0.3) is 0 Å². The van der Waals surface area contributed by atoms with Crippen LogP contribution in [0.3, 0.4) is 0 Å². The summed E-state index contributed by atoms with van der Waals surface area (Å²) in [6.07, 6.45) is 3.71. The summed E-state index contributed by atoms with van der Waals surface area (Å²) < 4.78 is 23.6. The number of carbonyl (C=O) groups is 2. The van der Waals surface area contributed by atoms with Crippen LogP contribution in [0.2, 0.25) is 0 Å². The third kappa shape index (κ3) is 2.34. The Morgan fingerprint density at radius 1 is 1.17 bits per heavy atom. The Labute approximate surface area is 169 Å². The second-order valence-electron chi connectivity index (χ2n) is 8.38. The van der Waals surface area contributed by atoms with Gasteiger partial charge in [-0.2, -0.15) is 0 Å². The minimum Gasteiger partial charge on any atom is -0.493 e. The maximum absolute atomic E-state index is 12.0. The van der Waals surface area contributed by atoms with Gasteiger partial charge in [-0.15, -0.1) is 0 Å². The lowest BCUT2D eigenvalue weighted by Gasteiger charge is -2.58. The normalized spacial score (nSPS) is 36.1. The molecule has 0 amide bonds. The van der Waals surface area contributed by atoms with Crippen LogP contribution in [0.5, 0.6) is 11.5 Å². The third-order valence-corrected chi connectivity index (χ3v) is 6.96. The molecule has 154 valence electrons. The highest BCUT2D eigenvalue weighted by atomic mass is 16.6. The van der Waals surface area contributed by atoms with Gasteiger partial charge >= 0.3 is 11.9 Å². The summed E-state index contributed by atoms with van der Waals surface area (Å²) in [6.45, 7) is 3.69. The SMILES string of the molecule is COc1ccc2c3c1O[C@H]1[C@@H](OC(C)=O)C=C[C@H]4[C@@H]([C@H]2OC(C)=O)N(C)CC[C@@]341. The molecule has 2 bridgehead atoms. The zero-order valence-corrected chi connectivity index (χ0v) is 17.0. The van der Waals surface area contributed by atoms with E-state index in [1.807, 2.05) is 18.2 Å². The monoisotopic (exact) mass is 399 g/mol. The van der Waals surface area contributed by atoms with Crippen molar-refractivity contribution in [2.45, 2.75) is 50.0 Å². The number of hydrogen-bond acceptors (Lipinski definition) is 7. The molecule has 7 heteroatoms. The molecule has 1 aromatic rings. The summed E-state index contributed by atoms with van der Waals surface area (Å²) in [5.74, 6) is 0.759. The Balaban J connectivity index is 1.76. The lowest BCUT2D eigenvalue weighted by molar-refractivity contribution is -0.162. The van der Waals surface area contributed by atoms with E-state index < -0.39 is 12.2 Å². The first kappa shape index (κ1) is 18.5. The fourth-order valence-corrected chi connectivity index (χ4v) is 6.01. The summed E-state index contributed by atoms with van der Waals surface area (Å²) in [5, 5.41) is 0. The fraction of sp³-hybridized carbons (Fsp3) is 0.545. The van der Waals surface area contributed by atoms with Crippen molar-refractivity contribution in [3.63, 3.8) is 0 Å². The van der Waals surface area contributed by atoms with E-state index in [9.17, 15) is 9.59 Å². The Kier molecular flexibility index (Phi) is 3.97. The molecule has 0 radical (unpaired) electrons. The Morgan fingerprint density at radius 2 is 1.93 bits per heavy atom. The van der Waals surface area contributed by atoms with Crippen LogP contribution in [-0.2, 0) is 24.5 Å². The van der Waals surface area contributed by atoms with Crippen LogP contribution in [0.15, 0.2) is 24.3 Å². The van der Waals surface area contributed by atoms with Crippen LogP contribution in [0.1, 0.15) is 37.5 Å². The number of esters is 2. The second kappa shape index (κ2) is 6.23. The predicted octanol–water partition coefficient (Wildman–Crippen LogP) is 2.13. The second-order valence-corrected chi connectivity index (χ2v) is 8.38. The molecule has 7 nitrogen and oxygen atoms in total. The number of likely N-dealkylation sites (tertiary alicyclic amines) is 1. The quantitative estimate of drug-likeness (QED) is 0.569. The van der Waals surface area contributed by atoms with Gasteiger partial charge in [0, 0.05) is 36.3 Å². The smallest absolute Gasteiger partial charge is 0.303 e. The van der Waals surface area contributed by atoms with E-state index in [1.54, 1.807) is 7.11 Å². The Hall–Kier alpha value is -2.54. The third-order valence-electron chi connectivity index (χ3n) is 6.96. The summed E-state index contributed by atoms with van der Waals surface area (Å²) in [5.41, 5.74) is 1.66. The summed E-state index contributed by atoms with van der Waals surface area (Å²) in [6, 6.07) is 3.84. The van der Waals surface area contributed by atoms with Crippen molar-refractivity contribution in [2.75, 3.05) is 20.7 Å². The van der Waals surface area contributed by atoms with Crippen molar-refractivity contribution in [3.05, 3.63) is 35.4 Å². The van der Waals surface area contributed by atoms with Gasteiger partial charge in [0.25, 0.3) is 0 Å². The highest BCUT2D eigenvalue weighted by molar-refractivity contribution is 5.69. The standard InChI is InChI=1S/C22H25NO6/c1-11(24)27-16-8-6-14-18-19(28-12(2)25)13-5-7-15(26-4)20-17(13)22(14,21(16)29-20)9-10-23(18)3/h5-8,14,16,18-19,21H,9-10H2,1-4H3/t14-,16-,18-,19-,21-,22-/m0/s1. The summed E-state index contributed by atoms with van der Waals surface area (Å²) in [4.78, 5) is 26.0. The zero-order valence-electron chi connectivity index (χ0n) is 17.0. The van der Waals surface area contributed by atoms with Gasteiger partial charge in [-0.05, 0) is 32.2 Å². The fourth-order valence-electron chi connectivity index (χ4n) is 6.01. The van der Waals surface area contributed by atoms with Gasteiger partial charge in [0.2, 0.25) is 0 Å². The minimum atomic E-state index is -0.469. The molecule has 1 spiro atoms. The van der Waals surface area contributed by atoms with E-state index in [4.69, 9.17) is 18.9 Å². The molecule has 2 aliphatic heterocycles. The molecule has 5 rings (SSSR count). The summed E-state index contributed by atoms with van der Waals surface area (Å²) in [7, 11) is 3.69. The van der Waals surface area contributed by atoms with Gasteiger partial charge in [0.15, 0.2) is 17.6 Å². The number of benzene rings is 1. The van der Waals surface area contributed by atoms with E-state index in [2.05, 4.69) is 18.0 Å². The number of piperidine rings is 1. The van der Waals surface area contributed by atoms with Crippen molar-refractivity contribution in [3.8, 4) is 11.5 Å². The Morgan fingerprint density at radius 3 is 2.62 bits per heavy atom. The van der Waals surface area contributed by atoms with Crippen molar-refractivity contribution >= 4 is 11.9 Å². The van der Waals surface area contributed by atoms with Crippen LogP contribution >= 0.6 is 0 Å². The van der Waals surface area contributed by atoms with E-state index in [0.717, 1.165) is 24.1 Å². The number of likely N-dealkylation sites (N-methyl/N-ethyl adjacent to an activating group) is 1. The molecule has 0 N–H and O–H groups in total. The number of rotatable bonds is 3. The van der Waals surface area contributed by atoms with Gasteiger partial charge < -0.3 is 18.9 Å². The van der Waals surface area contributed by atoms with Crippen molar-refractivity contribution in [1.82, 2.24) is 4.90 Å². The lowest BCUT2D eigenvalue weighted by Crippen LogP contribution is -2.66. The first-order chi connectivity index (χ1) is 13.9. The van der Waals surface area contributed by atoms with Crippen molar-refractivity contribution in [2.24, 2.45) is 5.92 Å². The lowest BCUT2D eigenvalue weighted by atomic mass is 9.52. The number of nitrogens with zero attached hydrogens (tertiary/aromatic N) is 1. The number of methoxy groups -OCH3 is 1. The van der Waals surface area contributed by atoms with E-state index in [-0.39, 0.29) is 35.4 Å². The number of carbonyl (C=O) groups excluding carboxylic acids is 2. The molecule has 0 aromatic heterocycles. The van der Waals surface area contributed by atoms with E-state index in [1.165, 1.54) is 13.8 Å². The first-order valence-electron chi connectivity index (χ1n) is 9.99. The molecule has 1 saturated heterocycles. The van der Waals surface area contributed by atoms with E-state index in [0.29, 0.717) is 11.5 Å². The first-order valence-corrected chi connectivity index (χ1v) is 9.99. The topological polar surface area (TPSA) is 74.3 Å². The highest BCUT2D eigenvalue weighted by Gasteiger charge is 2.67. The molecule has 2 heterocycles. The molecule has 0 unspecified atom stereocenters. The largest absolute Gasteiger partial charge is 0.493 e. The molecule has 1 aromatic carbocycles. The molecular formula is C22H25NO6. The number of ether oxygens (including phenoxy) is 4. The maximum Gasteiger partial charge on any atom is 0.303 e. The van der Waals surface area contributed by atoms with Gasteiger partial charge in [-0.25, -0.2) is 0 Å². The van der Waals surface area contributed by atoms with Crippen LogP contribution in [0.4, 0.5) is 0 Å². The van der Waals surface area contributed by atoms with Gasteiger partial charge in [-0.1, -0.05) is 12.1 Å². The average Bonchev–Trinajstić information content (AvgIpc) is 3.02. The molecule has 29 heavy (non-hydrogen) atoms. The molecule has 2 aliphatic carbocycles. The molecule has 1 fully saturated rings. The van der Waals surface area contributed by atoms with Crippen molar-refractivity contribution in [1.29, 1.82) is 0 Å². The van der Waals surface area contributed by atoms with Crippen LogP contribution in [0, 0.1) is 5.92 Å². The minimum absolute atomic E-state index is 0.0138. The van der Waals surface area contributed by atoms with Gasteiger partial charge in [0.1, 0.15) is 12.2 Å². The highest BCUT2D eigenvalue weighted by Crippen LogP contribution is 2.65.